The first-order valence-corrected chi connectivity index (χ1v) is 8.21. The molecule has 1 atom stereocenters. The molecule has 0 spiro atoms. The van der Waals surface area contributed by atoms with E-state index >= 15 is 0 Å². The number of Topliss-reactive ketones (excluding diaryl/α,β-unsaturated/α-hetero) is 1. The van der Waals surface area contributed by atoms with Gasteiger partial charge in [-0.05, 0) is 43.7 Å². The first-order valence-electron chi connectivity index (χ1n) is 6.64. The minimum absolute atomic E-state index is 0.0412. The number of ketones is 1. The van der Waals surface area contributed by atoms with Crippen LogP contribution in [0.5, 0.6) is 0 Å². The van der Waals surface area contributed by atoms with Crippen LogP contribution in [0.2, 0.25) is 10.0 Å². The Kier molecular flexibility index (Phi) is 5.27. The fraction of sp³-hybridized carbons (Fsp3) is 0.250. The number of amides is 1. The minimum Gasteiger partial charge on any atom is -0.334 e. The molecular weight excluding hydrogens is 341 g/mol. The smallest absolute Gasteiger partial charge is 0.264 e. The monoisotopic (exact) mass is 355 g/mol. The summed E-state index contributed by atoms with van der Waals surface area (Å²) in [5.74, 6) is -0.184. The Morgan fingerprint density at radius 1 is 1.14 bits per heavy atom. The summed E-state index contributed by atoms with van der Waals surface area (Å²) in [4.78, 5) is 26.6. The summed E-state index contributed by atoms with van der Waals surface area (Å²) in [6.07, 6.45) is 0. The molecule has 0 radical (unpaired) electrons. The van der Waals surface area contributed by atoms with Gasteiger partial charge in [-0.2, -0.15) is 0 Å². The maximum absolute atomic E-state index is 12.5. The molecule has 0 N–H and O–H groups in total. The Labute approximate surface area is 143 Å². The Hall–Kier alpha value is -1.36. The number of rotatable bonds is 4. The van der Waals surface area contributed by atoms with Gasteiger partial charge in [-0.1, -0.05) is 29.3 Å². The largest absolute Gasteiger partial charge is 0.334 e. The number of benzene rings is 1. The molecule has 0 saturated carbocycles. The molecule has 0 aliphatic heterocycles. The van der Waals surface area contributed by atoms with Crippen LogP contribution in [0.1, 0.15) is 44.8 Å². The number of carbonyl (C=O) groups is 2. The second-order valence-electron chi connectivity index (χ2n) is 4.98. The Balaban J connectivity index is 2.23. The van der Waals surface area contributed by atoms with Crippen molar-refractivity contribution < 1.29 is 9.59 Å². The van der Waals surface area contributed by atoms with Crippen molar-refractivity contribution >= 4 is 46.2 Å². The molecule has 3 nitrogen and oxygen atoms in total. The highest BCUT2D eigenvalue weighted by Crippen LogP contribution is 2.30. The summed E-state index contributed by atoms with van der Waals surface area (Å²) in [5, 5.41) is 1.08. The molecule has 0 aliphatic rings. The van der Waals surface area contributed by atoms with E-state index in [1.165, 1.54) is 18.3 Å². The predicted molar refractivity (Wildman–Crippen MR) is 91.3 cm³/mol. The van der Waals surface area contributed by atoms with E-state index in [0.29, 0.717) is 19.8 Å². The summed E-state index contributed by atoms with van der Waals surface area (Å²) in [7, 11) is 1.71. The lowest BCUT2D eigenvalue weighted by atomic mass is 10.1. The Bertz CT molecular complexity index is 727. The zero-order valence-corrected chi connectivity index (χ0v) is 14.7. The van der Waals surface area contributed by atoms with Crippen molar-refractivity contribution in [3.05, 3.63) is 55.7 Å². The molecular formula is C16H15Cl2NO2S. The molecule has 0 fully saturated rings. The second kappa shape index (κ2) is 6.82. The molecule has 6 heteroatoms. The molecule has 1 unspecified atom stereocenters. The lowest BCUT2D eigenvalue weighted by Crippen LogP contribution is -2.29. The van der Waals surface area contributed by atoms with E-state index in [1.54, 1.807) is 36.2 Å². The van der Waals surface area contributed by atoms with Gasteiger partial charge in [0.1, 0.15) is 0 Å². The summed E-state index contributed by atoms with van der Waals surface area (Å²) < 4.78 is 0. The van der Waals surface area contributed by atoms with Crippen molar-refractivity contribution in [3.8, 4) is 0 Å². The fourth-order valence-corrected chi connectivity index (χ4v) is 3.49. The lowest BCUT2D eigenvalue weighted by molar-refractivity contribution is 0.0747. The number of carbonyl (C=O) groups excluding carboxylic acids is 2. The molecule has 116 valence electrons. The average Bonchev–Trinajstić information content (AvgIpc) is 2.95. The van der Waals surface area contributed by atoms with Gasteiger partial charge in [-0.3, -0.25) is 9.59 Å². The SMILES string of the molecule is CC(=O)c1ccc(C(=O)N(C)C(C)c2ccc(Cl)cc2Cl)s1. The van der Waals surface area contributed by atoms with E-state index in [0.717, 1.165) is 5.56 Å². The number of hydrogen-bond donors (Lipinski definition) is 0. The maximum atomic E-state index is 12.5. The van der Waals surface area contributed by atoms with E-state index in [-0.39, 0.29) is 17.7 Å². The predicted octanol–water partition coefficient (Wildman–Crippen LogP) is 5.09. The van der Waals surface area contributed by atoms with Crippen LogP contribution in [-0.2, 0) is 0 Å². The van der Waals surface area contributed by atoms with Gasteiger partial charge in [0.2, 0.25) is 0 Å². The third-order valence-corrected chi connectivity index (χ3v) is 5.21. The summed E-state index contributed by atoms with van der Waals surface area (Å²) in [6, 6.07) is 8.36. The lowest BCUT2D eigenvalue weighted by Gasteiger charge is -2.25. The van der Waals surface area contributed by atoms with Gasteiger partial charge in [0.15, 0.2) is 5.78 Å². The van der Waals surface area contributed by atoms with E-state index in [9.17, 15) is 9.59 Å². The normalized spacial score (nSPS) is 12.0. The molecule has 2 rings (SSSR count). The van der Waals surface area contributed by atoms with Crippen LogP contribution >= 0.6 is 34.5 Å². The average molecular weight is 356 g/mol. The van der Waals surface area contributed by atoms with Gasteiger partial charge in [0.25, 0.3) is 5.91 Å². The van der Waals surface area contributed by atoms with Crippen molar-refractivity contribution in [2.75, 3.05) is 7.05 Å². The zero-order valence-electron chi connectivity index (χ0n) is 12.4. The molecule has 1 aromatic carbocycles. The molecule has 0 aliphatic carbocycles. The Morgan fingerprint density at radius 3 is 2.32 bits per heavy atom. The fourth-order valence-electron chi connectivity index (χ4n) is 2.04. The van der Waals surface area contributed by atoms with Crippen LogP contribution in [0.4, 0.5) is 0 Å². The van der Waals surface area contributed by atoms with Gasteiger partial charge in [-0.25, -0.2) is 0 Å². The van der Waals surface area contributed by atoms with Crippen molar-refractivity contribution in [2.24, 2.45) is 0 Å². The molecule has 0 bridgehead atoms. The van der Waals surface area contributed by atoms with Crippen molar-refractivity contribution in [1.82, 2.24) is 4.90 Å². The van der Waals surface area contributed by atoms with Crippen LogP contribution in [-0.4, -0.2) is 23.6 Å². The molecule has 2 aromatic rings. The van der Waals surface area contributed by atoms with Crippen LogP contribution in [0.15, 0.2) is 30.3 Å². The van der Waals surface area contributed by atoms with Gasteiger partial charge in [0.05, 0.1) is 15.8 Å². The van der Waals surface area contributed by atoms with Gasteiger partial charge in [-0.15, -0.1) is 11.3 Å². The summed E-state index contributed by atoms with van der Waals surface area (Å²) in [6.45, 7) is 3.38. The molecule has 1 heterocycles. The Morgan fingerprint density at radius 2 is 1.77 bits per heavy atom. The van der Waals surface area contributed by atoms with E-state index in [4.69, 9.17) is 23.2 Å². The van der Waals surface area contributed by atoms with E-state index in [2.05, 4.69) is 0 Å². The summed E-state index contributed by atoms with van der Waals surface area (Å²) >= 11 is 13.3. The highest BCUT2D eigenvalue weighted by atomic mass is 35.5. The van der Waals surface area contributed by atoms with Gasteiger partial charge < -0.3 is 4.90 Å². The van der Waals surface area contributed by atoms with E-state index < -0.39 is 0 Å². The maximum Gasteiger partial charge on any atom is 0.264 e. The van der Waals surface area contributed by atoms with Crippen molar-refractivity contribution in [3.63, 3.8) is 0 Å². The van der Waals surface area contributed by atoms with Crippen LogP contribution in [0, 0.1) is 0 Å². The first kappa shape index (κ1) is 17.0. The number of nitrogens with zero attached hydrogens (tertiary/aromatic N) is 1. The van der Waals surface area contributed by atoms with E-state index in [1.807, 2.05) is 13.0 Å². The summed E-state index contributed by atoms with van der Waals surface area (Å²) in [5.41, 5.74) is 0.824. The highest BCUT2D eigenvalue weighted by Gasteiger charge is 2.22. The van der Waals surface area contributed by atoms with Crippen LogP contribution in [0.25, 0.3) is 0 Å². The van der Waals surface area contributed by atoms with Crippen molar-refractivity contribution in [1.29, 1.82) is 0 Å². The minimum atomic E-state index is -0.208. The van der Waals surface area contributed by atoms with Crippen LogP contribution < -0.4 is 0 Å². The molecule has 22 heavy (non-hydrogen) atoms. The number of halogens is 2. The van der Waals surface area contributed by atoms with Crippen LogP contribution in [0.3, 0.4) is 0 Å². The molecule has 0 saturated heterocycles. The van der Waals surface area contributed by atoms with Crippen molar-refractivity contribution in [2.45, 2.75) is 19.9 Å². The highest BCUT2D eigenvalue weighted by molar-refractivity contribution is 7.15. The molecule has 1 aromatic heterocycles. The third-order valence-electron chi connectivity index (χ3n) is 3.48. The topological polar surface area (TPSA) is 37.4 Å². The van der Waals surface area contributed by atoms with Gasteiger partial charge in [0, 0.05) is 17.1 Å². The number of hydrogen-bond acceptors (Lipinski definition) is 3. The standard InChI is InChI=1S/C16H15Cl2NO2S/c1-9(12-5-4-11(17)8-13(12)18)19(3)16(21)15-7-6-14(22-15)10(2)20/h4-9H,1-3H3. The zero-order chi connectivity index (χ0) is 16.4. The van der Waals surface area contributed by atoms with Gasteiger partial charge >= 0.3 is 0 Å². The number of thiophene rings is 1. The third kappa shape index (κ3) is 3.51. The first-order chi connectivity index (χ1) is 10.3. The second-order valence-corrected chi connectivity index (χ2v) is 6.91. The molecule has 1 amide bonds. The quantitative estimate of drug-likeness (QED) is 0.716.